The minimum atomic E-state index is 0.595. The molecule has 18 heavy (non-hydrogen) atoms. The molecule has 2 aromatic heterocycles. The topological polar surface area (TPSA) is 47.7 Å². The Morgan fingerprint density at radius 2 is 2.11 bits per heavy atom. The lowest BCUT2D eigenvalue weighted by atomic mass is 10.2. The average molecular weight is 247 g/mol. The summed E-state index contributed by atoms with van der Waals surface area (Å²) in [6, 6.07) is 0. The van der Waals surface area contributed by atoms with Crippen LogP contribution < -0.4 is 5.32 Å². The minimum Gasteiger partial charge on any atom is -0.323 e. The zero-order valence-corrected chi connectivity index (χ0v) is 11.5. The Hall–Kier alpha value is -1.78. The molecule has 0 atom stereocenters. The van der Waals surface area contributed by atoms with Crippen molar-refractivity contribution in [3.8, 4) is 0 Å². The van der Waals surface area contributed by atoms with Crippen molar-refractivity contribution < 1.29 is 0 Å². The van der Waals surface area contributed by atoms with Gasteiger partial charge in [-0.05, 0) is 19.8 Å². The third-order valence-corrected chi connectivity index (χ3v) is 2.67. The van der Waals surface area contributed by atoms with Crippen LogP contribution in [-0.2, 0) is 13.1 Å². The van der Waals surface area contributed by atoms with E-state index in [1.165, 1.54) is 0 Å². The minimum absolute atomic E-state index is 0.595. The smallest absolute Gasteiger partial charge is 0.207 e. The molecule has 0 unspecified atom stereocenters. The van der Waals surface area contributed by atoms with Gasteiger partial charge in [0.1, 0.15) is 0 Å². The van der Waals surface area contributed by atoms with Gasteiger partial charge in [0.25, 0.3) is 0 Å². The number of aryl methyl sites for hydroxylation is 2. The van der Waals surface area contributed by atoms with Crippen LogP contribution in [0.25, 0.3) is 0 Å². The Morgan fingerprint density at radius 3 is 2.72 bits per heavy atom. The van der Waals surface area contributed by atoms with Gasteiger partial charge in [-0.15, -0.1) is 0 Å². The van der Waals surface area contributed by atoms with Crippen LogP contribution in [0, 0.1) is 12.8 Å². The maximum Gasteiger partial charge on any atom is 0.207 e. The molecule has 2 heterocycles. The third kappa shape index (κ3) is 2.91. The Balaban J connectivity index is 2.17. The van der Waals surface area contributed by atoms with Crippen LogP contribution in [0.15, 0.2) is 18.6 Å². The Kier molecular flexibility index (Phi) is 3.69. The van der Waals surface area contributed by atoms with Crippen molar-refractivity contribution in [2.75, 3.05) is 5.32 Å². The van der Waals surface area contributed by atoms with Crippen molar-refractivity contribution in [3.05, 3.63) is 24.3 Å². The number of anilines is 2. The first kappa shape index (κ1) is 12.7. The molecule has 0 radical (unpaired) electrons. The summed E-state index contributed by atoms with van der Waals surface area (Å²) in [6.45, 7) is 10.3. The number of rotatable bonds is 5. The van der Waals surface area contributed by atoms with Crippen molar-refractivity contribution in [2.24, 2.45) is 5.92 Å². The van der Waals surface area contributed by atoms with E-state index in [-0.39, 0.29) is 0 Å². The van der Waals surface area contributed by atoms with Gasteiger partial charge >= 0.3 is 0 Å². The number of hydrogen-bond acceptors (Lipinski definition) is 3. The van der Waals surface area contributed by atoms with Gasteiger partial charge in [-0.3, -0.25) is 4.68 Å². The van der Waals surface area contributed by atoms with Crippen LogP contribution in [0.2, 0.25) is 0 Å². The molecule has 98 valence electrons. The average Bonchev–Trinajstić information content (AvgIpc) is 2.86. The van der Waals surface area contributed by atoms with Crippen LogP contribution in [0.4, 0.5) is 11.6 Å². The third-order valence-electron chi connectivity index (χ3n) is 2.67. The molecule has 0 saturated heterocycles. The molecule has 0 aliphatic heterocycles. The first-order valence-corrected chi connectivity index (χ1v) is 6.41. The van der Waals surface area contributed by atoms with Gasteiger partial charge in [-0.2, -0.15) is 5.10 Å². The Morgan fingerprint density at radius 1 is 1.33 bits per heavy atom. The molecular formula is C13H21N5. The normalized spacial score (nSPS) is 11.2. The molecule has 2 rings (SSSR count). The molecular weight excluding hydrogens is 226 g/mol. The van der Waals surface area contributed by atoms with Crippen LogP contribution >= 0.6 is 0 Å². The molecule has 0 fully saturated rings. The van der Waals surface area contributed by atoms with Crippen LogP contribution in [-0.4, -0.2) is 19.3 Å². The summed E-state index contributed by atoms with van der Waals surface area (Å²) in [4.78, 5) is 4.51. The molecule has 0 aliphatic carbocycles. The summed E-state index contributed by atoms with van der Waals surface area (Å²) >= 11 is 0. The van der Waals surface area contributed by atoms with Gasteiger partial charge in [-0.25, -0.2) is 4.98 Å². The summed E-state index contributed by atoms with van der Waals surface area (Å²) in [7, 11) is 0. The molecule has 0 saturated carbocycles. The summed E-state index contributed by atoms with van der Waals surface area (Å²) in [5.41, 5.74) is 2.01. The van der Waals surface area contributed by atoms with E-state index < -0.39 is 0 Å². The number of nitrogens with one attached hydrogen (secondary N) is 1. The van der Waals surface area contributed by atoms with Crippen molar-refractivity contribution in [3.63, 3.8) is 0 Å². The summed E-state index contributed by atoms with van der Waals surface area (Å²) in [6.07, 6.45) is 5.89. The van der Waals surface area contributed by atoms with Crippen molar-refractivity contribution in [1.82, 2.24) is 19.3 Å². The molecule has 0 amide bonds. The second-order valence-electron chi connectivity index (χ2n) is 4.96. The summed E-state index contributed by atoms with van der Waals surface area (Å²) in [5.74, 6) is 1.48. The predicted octanol–water partition coefficient (Wildman–Crippen LogP) is 2.81. The van der Waals surface area contributed by atoms with Gasteiger partial charge < -0.3 is 9.88 Å². The highest BCUT2D eigenvalue weighted by atomic mass is 15.3. The quantitative estimate of drug-likeness (QED) is 0.883. The van der Waals surface area contributed by atoms with Crippen LogP contribution in [0.5, 0.6) is 0 Å². The summed E-state index contributed by atoms with van der Waals surface area (Å²) in [5, 5.41) is 7.57. The zero-order valence-electron chi connectivity index (χ0n) is 11.5. The molecule has 5 heteroatoms. The fourth-order valence-corrected chi connectivity index (χ4v) is 1.91. The number of imidazole rings is 1. The first-order chi connectivity index (χ1) is 8.58. The van der Waals surface area contributed by atoms with Crippen molar-refractivity contribution in [1.29, 1.82) is 0 Å². The number of aromatic nitrogens is 4. The van der Waals surface area contributed by atoms with E-state index in [1.54, 1.807) is 0 Å². The number of nitrogens with zero attached hydrogens (tertiary/aromatic N) is 4. The van der Waals surface area contributed by atoms with E-state index >= 15 is 0 Å². The Bertz CT molecular complexity index is 509. The van der Waals surface area contributed by atoms with Gasteiger partial charge in [0, 0.05) is 25.5 Å². The summed E-state index contributed by atoms with van der Waals surface area (Å²) < 4.78 is 4.05. The maximum absolute atomic E-state index is 4.51. The van der Waals surface area contributed by atoms with Crippen LogP contribution in [0.1, 0.15) is 26.5 Å². The highest BCUT2D eigenvalue weighted by molar-refractivity contribution is 5.51. The lowest BCUT2D eigenvalue weighted by Crippen LogP contribution is -2.07. The fraction of sp³-hybridized carbons (Fsp3) is 0.538. The van der Waals surface area contributed by atoms with E-state index in [0.29, 0.717) is 5.92 Å². The van der Waals surface area contributed by atoms with Crippen molar-refractivity contribution >= 4 is 11.6 Å². The Labute approximate surface area is 108 Å². The van der Waals surface area contributed by atoms with Gasteiger partial charge in [0.2, 0.25) is 5.95 Å². The first-order valence-electron chi connectivity index (χ1n) is 6.41. The predicted molar refractivity (Wildman–Crippen MR) is 73.0 cm³/mol. The van der Waals surface area contributed by atoms with Gasteiger partial charge in [0.15, 0.2) is 0 Å². The number of hydrogen-bond donors (Lipinski definition) is 1. The lowest BCUT2D eigenvalue weighted by Gasteiger charge is -2.10. The molecule has 0 spiro atoms. The molecule has 2 aromatic rings. The molecule has 5 nitrogen and oxygen atoms in total. The zero-order chi connectivity index (χ0) is 13.1. The highest BCUT2D eigenvalue weighted by Gasteiger charge is 2.08. The standard InChI is InChI=1S/C13H21N5/c1-5-18-9-12(6-14-18)16-13-15-11(4)8-17(13)7-10(2)3/h6,8-10H,5,7H2,1-4H3,(H,15,16). The van der Waals surface area contributed by atoms with Gasteiger partial charge in [-0.1, -0.05) is 13.8 Å². The van der Waals surface area contributed by atoms with E-state index in [9.17, 15) is 0 Å². The van der Waals surface area contributed by atoms with E-state index in [2.05, 4.69) is 46.9 Å². The molecule has 0 aliphatic rings. The fourth-order valence-electron chi connectivity index (χ4n) is 1.91. The maximum atomic E-state index is 4.51. The second-order valence-corrected chi connectivity index (χ2v) is 4.96. The SMILES string of the molecule is CCn1cc(Nc2nc(C)cn2CC(C)C)cn1. The van der Waals surface area contributed by atoms with Crippen molar-refractivity contribution in [2.45, 2.75) is 40.8 Å². The monoisotopic (exact) mass is 247 g/mol. The largest absolute Gasteiger partial charge is 0.323 e. The van der Waals surface area contributed by atoms with Crippen LogP contribution in [0.3, 0.4) is 0 Å². The molecule has 0 aromatic carbocycles. The second kappa shape index (κ2) is 5.25. The highest BCUT2D eigenvalue weighted by Crippen LogP contribution is 2.17. The van der Waals surface area contributed by atoms with E-state index in [4.69, 9.17) is 0 Å². The molecule has 0 bridgehead atoms. The van der Waals surface area contributed by atoms with Gasteiger partial charge in [0.05, 0.1) is 17.6 Å². The molecule has 1 N–H and O–H groups in total. The van der Waals surface area contributed by atoms with E-state index in [0.717, 1.165) is 30.4 Å². The lowest BCUT2D eigenvalue weighted by molar-refractivity contribution is 0.527. The van der Waals surface area contributed by atoms with E-state index in [1.807, 2.05) is 24.0 Å².